The minimum Gasteiger partial charge on any atom is -0.313 e. The molecule has 0 radical (unpaired) electrons. The van der Waals surface area contributed by atoms with Crippen molar-refractivity contribution >= 4 is 0 Å². The van der Waals surface area contributed by atoms with Gasteiger partial charge in [0.1, 0.15) is 0 Å². The zero-order chi connectivity index (χ0) is 7.68. The number of nitrogens with one attached hydrogen (secondary N) is 1. The van der Waals surface area contributed by atoms with Crippen LogP contribution in [0.4, 0.5) is 0 Å². The van der Waals surface area contributed by atoms with Crippen molar-refractivity contribution in [1.82, 2.24) is 9.97 Å². The van der Waals surface area contributed by atoms with Crippen LogP contribution in [0.3, 0.4) is 0 Å². The van der Waals surface area contributed by atoms with E-state index in [2.05, 4.69) is 9.97 Å². The molecule has 0 aromatic carbocycles. The van der Waals surface area contributed by atoms with Gasteiger partial charge in [0.25, 0.3) is 5.56 Å². The summed E-state index contributed by atoms with van der Waals surface area (Å²) in [5.74, 6) is 0. The van der Waals surface area contributed by atoms with Gasteiger partial charge in [0.05, 0.1) is 12.0 Å². The van der Waals surface area contributed by atoms with Gasteiger partial charge in [0, 0.05) is 5.56 Å². The Morgan fingerprint density at radius 1 is 1.36 bits per heavy atom. The molecule has 0 aliphatic heterocycles. The topological polar surface area (TPSA) is 45.8 Å². The molecule has 0 bridgehead atoms. The molecule has 0 amide bonds. The van der Waals surface area contributed by atoms with Crippen LogP contribution in [0.15, 0.2) is 11.1 Å². The van der Waals surface area contributed by atoms with E-state index in [4.69, 9.17) is 0 Å². The fourth-order valence-corrected chi connectivity index (χ4v) is 1.53. The molecule has 58 valence electrons. The molecule has 1 aromatic rings. The second kappa shape index (κ2) is 2.49. The normalized spacial score (nSPS) is 16.0. The number of H-pyrrole nitrogens is 1. The first-order chi connectivity index (χ1) is 5.38. The summed E-state index contributed by atoms with van der Waals surface area (Å²) in [7, 11) is 0. The molecule has 0 unspecified atom stereocenters. The molecule has 1 heterocycles. The highest BCUT2D eigenvalue weighted by atomic mass is 16.1. The Kier molecular flexibility index (Phi) is 1.49. The number of aromatic nitrogens is 2. The number of hydrogen-bond acceptors (Lipinski definition) is 2. The van der Waals surface area contributed by atoms with E-state index in [1.54, 1.807) is 0 Å². The number of fused-ring (bicyclic) bond motifs is 1. The van der Waals surface area contributed by atoms with E-state index in [1.165, 1.54) is 12.7 Å². The van der Waals surface area contributed by atoms with E-state index in [-0.39, 0.29) is 5.56 Å². The van der Waals surface area contributed by atoms with Crippen LogP contribution >= 0.6 is 0 Å². The maximum Gasteiger partial charge on any atom is 0.254 e. The minimum absolute atomic E-state index is 0.0506. The number of hydrogen-bond donors (Lipinski definition) is 1. The highest BCUT2D eigenvalue weighted by molar-refractivity contribution is 5.18. The second-order valence-electron chi connectivity index (χ2n) is 2.86. The van der Waals surface area contributed by atoms with E-state index in [1.807, 2.05) is 0 Å². The van der Waals surface area contributed by atoms with Crippen molar-refractivity contribution in [3.8, 4) is 0 Å². The van der Waals surface area contributed by atoms with Crippen LogP contribution in [0.25, 0.3) is 0 Å². The van der Waals surface area contributed by atoms with Gasteiger partial charge in [0.2, 0.25) is 0 Å². The van der Waals surface area contributed by atoms with Crippen molar-refractivity contribution < 1.29 is 0 Å². The summed E-state index contributed by atoms with van der Waals surface area (Å²) in [5.41, 5.74) is 1.95. The van der Waals surface area contributed by atoms with Gasteiger partial charge in [-0.15, -0.1) is 0 Å². The second-order valence-corrected chi connectivity index (χ2v) is 2.86. The highest BCUT2D eigenvalue weighted by Crippen LogP contribution is 2.14. The monoisotopic (exact) mass is 150 g/mol. The Morgan fingerprint density at radius 3 is 3.00 bits per heavy atom. The number of aryl methyl sites for hydroxylation is 1. The van der Waals surface area contributed by atoms with Gasteiger partial charge in [-0.3, -0.25) is 4.79 Å². The lowest BCUT2D eigenvalue weighted by Crippen LogP contribution is -2.19. The van der Waals surface area contributed by atoms with Gasteiger partial charge in [-0.2, -0.15) is 0 Å². The molecule has 3 nitrogen and oxygen atoms in total. The lowest BCUT2D eigenvalue weighted by atomic mass is 9.97. The van der Waals surface area contributed by atoms with Gasteiger partial charge in [-0.1, -0.05) is 0 Å². The van der Waals surface area contributed by atoms with Crippen LogP contribution in [0.2, 0.25) is 0 Å². The maximum atomic E-state index is 11.2. The Labute approximate surface area is 64.5 Å². The maximum absolute atomic E-state index is 11.2. The average Bonchev–Trinajstić information content (AvgIpc) is 2.06. The van der Waals surface area contributed by atoms with Gasteiger partial charge in [0.15, 0.2) is 0 Å². The first-order valence-electron chi connectivity index (χ1n) is 3.93. The van der Waals surface area contributed by atoms with Crippen molar-refractivity contribution in [2.24, 2.45) is 0 Å². The summed E-state index contributed by atoms with van der Waals surface area (Å²) < 4.78 is 0. The van der Waals surface area contributed by atoms with Crippen LogP contribution < -0.4 is 5.56 Å². The molecule has 1 N–H and O–H groups in total. The quantitative estimate of drug-likeness (QED) is 0.590. The highest BCUT2D eigenvalue weighted by Gasteiger charge is 2.12. The van der Waals surface area contributed by atoms with Crippen LogP contribution in [0, 0.1) is 0 Å². The van der Waals surface area contributed by atoms with Gasteiger partial charge in [-0.05, 0) is 25.7 Å². The van der Waals surface area contributed by atoms with Gasteiger partial charge in [-0.25, -0.2) is 4.98 Å². The molecule has 0 fully saturated rings. The fraction of sp³-hybridized carbons (Fsp3) is 0.500. The Bertz CT molecular complexity index is 316. The third-order valence-electron chi connectivity index (χ3n) is 2.13. The molecule has 0 spiro atoms. The third-order valence-corrected chi connectivity index (χ3v) is 2.13. The van der Waals surface area contributed by atoms with E-state index < -0.39 is 0 Å². The van der Waals surface area contributed by atoms with Crippen molar-refractivity contribution in [1.29, 1.82) is 0 Å². The average molecular weight is 150 g/mol. The molecule has 0 saturated heterocycles. The molecule has 11 heavy (non-hydrogen) atoms. The number of nitrogens with zero attached hydrogens (tertiary/aromatic N) is 1. The van der Waals surface area contributed by atoms with E-state index in [9.17, 15) is 4.79 Å². The molecule has 3 heteroatoms. The zero-order valence-electron chi connectivity index (χ0n) is 6.26. The lowest BCUT2D eigenvalue weighted by molar-refractivity contribution is 0.656. The summed E-state index contributed by atoms with van der Waals surface area (Å²) in [4.78, 5) is 17.9. The standard InChI is InChI=1S/C8H10N2O/c11-8-6-3-1-2-4-7(6)9-5-10-8/h5H,1-4H2,(H,9,10,11). The third kappa shape index (κ3) is 1.06. The molecule has 0 saturated carbocycles. The SMILES string of the molecule is O=c1[nH]cnc2c1CCCC2. The molecule has 2 rings (SSSR count). The lowest BCUT2D eigenvalue weighted by Gasteiger charge is -2.11. The van der Waals surface area contributed by atoms with Crippen LogP contribution in [0.5, 0.6) is 0 Å². The molecule has 1 aliphatic carbocycles. The predicted molar refractivity (Wildman–Crippen MR) is 41.5 cm³/mol. The van der Waals surface area contributed by atoms with E-state index in [0.717, 1.165) is 30.5 Å². The summed E-state index contributed by atoms with van der Waals surface area (Å²) in [6, 6.07) is 0. The van der Waals surface area contributed by atoms with Crippen LogP contribution in [0.1, 0.15) is 24.1 Å². The van der Waals surface area contributed by atoms with E-state index in [0.29, 0.717) is 0 Å². The smallest absolute Gasteiger partial charge is 0.254 e. The van der Waals surface area contributed by atoms with Crippen LogP contribution in [-0.2, 0) is 12.8 Å². The van der Waals surface area contributed by atoms with Gasteiger partial charge >= 0.3 is 0 Å². The minimum atomic E-state index is 0.0506. The molecular formula is C8H10N2O. The van der Waals surface area contributed by atoms with E-state index >= 15 is 0 Å². The summed E-state index contributed by atoms with van der Waals surface area (Å²) in [6.45, 7) is 0. The Hall–Kier alpha value is -1.12. The first-order valence-corrected chi connectivity index (χ1v) is 3.93. The fourth-order valence-electron chi connectivity index (χ4n) is 1.53. The summed E-state index contributed by atoms with van der Waals surface area (Å²) in [5, 5.41) is 0. The molecule has 1 aliphatic rings. The molecule has 0 atom stereocenters. The number of rotatable bonds is 0. The number of aromatic amines is 1. The van der Waals surface area contributed by atoms with Gasteiger partial charge < -0.3 is 4.98 Å². The van der Waals surface area contributed by atoms with Crippen molar-refractivity contribution in [3.63, 3.8) is 0 Å². The first kappa shape index (κ1) is 6.58. The largest absolute Gasteiger partial charge is 0.313 e. The van der Waals surface area contributed by atoms with Crippen molar-refractivity contribution in [2.75, 3.05) is 0 Å². The van der Waals surface area contributed by atoms with Crippen molar-refractivity contribution in [3.05, 3.63) is 27.9 Å². The molecular weight excluding hydrogens is 140 g/mol. The predicted octanol–water partition coefficient (Wildman–Crippen LogP) is 0.649. The summed E-state index contributed by atoms with van der Waals surface area (Å²) >= 11 is 0. The Balaban J connectivity index is 2.58. The molecule has 1 aromatic heterocycles. The Morgan fingerprint density at radius 2 is 2.18 bits per heavy atom. The zero-order valence-corrected chi connectivity index (χ0v) is 6.26. The summed E-state index contributed by atoms with van der Waals surface area (Å²) in [6.07, 6.45) is 5.66. The van der Waals surface area contributed by atoms with Crippen molar-refractivity contribution in [2.45, 2.75) is 25.7 Å². The van der Waals surface area contributed by atoms with Crippen LogP contribution in [-0.4, -0.2) is 9.97 Å².